The molecule has 3 N–H and O–H groups in total. The monoisotopic (exact) mass is 491 g/mol. The zero-order chi connectivity index (χ0) is 25.2. The van der Waals surface area contributed by atoms with Gasteiger partial charge in [-0.15, -0.1) is 0 Å². The van der Waals surface area contributed by atoms with Gasteiger partial charge in [-0.25, -0.2) is 13.6 Å². The molecule has 5 rings (SSSR count). The largest absolute Gasteiger partial charge is 0.367 e. The van der Waals surface area contributed by atoms with Gasteiger partial charge in [0.1, 0.15) is 11.6 Å². The average Bonchev–Trinajstić information content (AvgIpc) is 2.83. The molecule has 0 aliphatic carbocycles. The zero-order valence-electron chi connectivity index (χ0n) is 19.1. The van der Waals surface area contributed by atoms with E-state index in [-0.39, 0.29) is 30.5 Å². The van der Waals surface area contributed by atoms with Gasteiger partial charge >= 0.3 is 6.03 Å². The number of aromatic nitrogens is 1. The number of hydrogen-bond donors (Lipinski definition) is 3. The smallest absolute Gasteiger partial charge is 0.319 e. The Bertz CT molecular complexity index is 1290. The molecule has 0 saturated carbocycles. The second-order valence-corrected chi connectivity index (χ2v) is 8.82. The van der Waals surface area contributed by atoms with Crippen LogP contribution in [-0.2, 0) is 9.59 Å². The van der Waals surface area contributed by atoms with Crippen LogP contribution in [0.1, 0.15) is 24.3 Å². The third kappa shape index (κ3) is 4.88. The predicted octanol–water partition coefficient (Wildman–Crippen LogP) is 3.56. The molecule has 184 valence electrons. The maximum atomic E-state index is 14.8. The summed E-state index contributed by atoms with van der Waals surface area (Å²) in [4.78, 5) is 41.7. The van der Waals surface area contributed by atoms with E-state index in [0.29, 0.717) is 24.5 Å². The lowest BCUT2D eigenvalue weighted by Gasteiger charge is -2.41. The van der Waals surface area contributed by atoms with Gasteiger partial charge in [-0.2, -0.15) is 0 Å². The number of rotatable bonds is 5. The lowest BCUT2D eigenvalue weighted by molar-refractivity contribution is -0.134. The first-order chi connectivity index (χ1) is 17.4. The molecule has 2 aliphatic heterocycles. The summed E-state index contributed by atoms with van der Waals surface area (Å²) in [6, 6.07) is 14.7. The zero-order valence-corrected chi connectivity index (χ0v) is 19.1. The molecule has 0 radical (unpaired) electrons. The Morgan fingerprint density at radius 1 is 1.03 bits per heavy atom. The van der Waals surface area contributed by atoms with Crippen LogP contribution in [0.5, 0.6) is 0 Å². The van der Waals surface area contributed by atoms with Crippen molar-refractivity contribution < 1.29 is 23.2 Å². The van der Waals surface area contributed by atoms with Gasteiger partial charge in [-0.1, -0.05) is 18.2 Å². The summed E-state index contributed by atoms with van der Waals surface area (Å²) in [5.74, 6) is -3.84. The van der Waals surface area contributed by atoms with Crippen molar-refractivity contribution in [3.63, 3.8) is 0 Å². The van der Waals surface area contributed by atoms with Gasteiger partial charge in [-0.3, -0.25) is 19.9 Å². The van der Waals surface area contributed by atoms with E-state index in [1.807, 2.05) is 30.3 Å². The van der Waals surface area contributed by atoms with Gasteiger partial charge < -0.3 is 15.5 Å². The molecule has 1 aromatic heterocycles. The Morgan fingerprint density at radius 3 is 2.39 bits per heavy atom. The number of anilines is 2. The average molecular weight is 491 g/mol. The molecule has 1 atom stereocenters. The van der Waals surface area contributed by atoms with Crippen LogP contribution in [0.4, 0.5) is 25.0 Å². The lowest BCUT2D eigenvalue weighted by atomic mass is 9.89. The maximum Gasteiger partial charge on any atom is 0.319 e. The standard InChI is InChI=1S/C26H23F2N5O3/c27-20-11-18(12-21(28)24(20)19-8-9-23(34)32-25(19)35)33-13-17(14-33)31-26(36)30-16-6-4-15(5-7-16)22-3-1-2-10-29-22/h1-7,10-12,17,19H,8-9,13-14H2,(H2,30,31,36)(H,32,34,35). The van der Waals surface area contributed by atoms with Crippen LogP contribution >= 0.6 is 0 Å². The molecule has 36 heavy (non-hydrogen) atoms. The first-order valence-corrected chi connectivity index (χ1v) is 11.5. The van der Waals surface area contributed by atoms with Crippen LogP contribution in [0, 0.1) is 11.6 Å². The minimum atomic E-state index is -1.04. The molecule has 2 aliphatic rings. The van der Waals surface area contributed by atoms with E-state index in [1.165, 1.54) is 12.1 Å². The van der Waals surface area contributed by atoms with Gasteiger partial charge in [0.05, 0.1) is 17.7 Å². The number of piperidine rings is 1. The van der Waals surface area contributed by atoms with E-state index in [9.17, 15) is 23.2 Å². The number of nitrogens with one attached hydrogen (secondary N) is 3. The summed E-state index contributed by atoms with van der Waals surface area (Å²) in [6.45, 7) is 0.755. The number of pyridine rings is 1. The highest BCUT2D eigenvalue weighted by Gasteiger charge is 2.34. The highest BCUT2D eigenvalue weighted by atomic mass is 19.1. The molecule has 3 heterocycles. The molecule has 3 aromatic rings. The minimum absolute atomic E-state index is 0.0347. The van der Waals surface area contributed by atoms with E-state index in [2.05, 4.69) is 20.9 Å². The molecular weight excluding hydrogens is 468 g/mol. The third-order valence-corrected chi connectivity index (χ3v) is 6.34. The summed E-state index contributed by atoms with van der Waals surface area (Å²) >= 11 is 0. The molecule has 10 heteroatoms. The normalized spacial score (nSPS) is 17.8. The summed E-state index contributed by atoms with van der Waals surface area (Å²) in [7, 11) is 0. The Labute approximate surface area is 205 Å². The number of benzene rings is 2. The molecule has 1 unspecified atom stereocenters. The van der Waals surface area contributed by atoms with Crippen molar-refractivity contribution in [1.29, 1.82) is 0 Å². The van der Waals surface area contributed by atoms with Crippen LogP contribution in [-0.4, -0.2) is 42.0 Å². The van der Waals surface area contributed by atoms with Crippen LogP contribution in [0.25, 0.3) is 11.3 Å². The summed E-state index contributed by atoms with van der Waals surface area (Å²) < 4.78 is 29.5. The number of amides is 4. The highest BCUT2D eigenvalue weighted by Crippen LogP contribution is 2.33. The minimum Gasteiger partial charge on any atom is -0.367 e. The van der Waals surface area contributed by atoms with Gasteiger partial charge in [0.15, 0.2) is 0 Å². The summed E-state index contributed by atoms with van der Waals surface area (Å²) in [5, 5.41) is 7.73. The van der Waals surface area contributed by atoms with Gasteiger partial charge in [-0.05, 0) is 42.8 Å². The number of carbonyl (C=O) groups is 3. The SMILES string of the molecule is O=C1CCC(c2c(F)cc(N3CC(NC(=O)Nc4ccc(-c5ccccn5)cc4)C3)cc2F)C(=O)N1. The van der Waals surface area contributed by atoms with Crippen molar-refractivity contribution in [1.82, 2.24) is 15.6 Å². The van der Waals surface area contributed by atoms with Crippen molar-refractivity contribution in [3.05, 3.63) is 78.0 Å². The number of halogens is 2. The Hall–Kier alpha value is -4.34. The number of nitrogens with zero attached hydrogens (tertiary/aromatic N) is 2. The number of imide groups is 1. The first-order valence-electron chi connectivity index (χ1n) is 11.5. The molecule has 2 fully saturated rings. The second kappa shape index (κ2) is 9.73. The third-order valence-electron chi connectivity index (χ3n) is 6.34. The van der Waals surface area contributed by atoms with Crippen molar-refractivity contribution in [2.75, 3.05) is 23.3 Å². The molecule has 0 spiro atoms. The van der Waals surface area contributed by atoms with Crippen LogP contribution in [0.3, 0.4) is 0 Å². The van der Waals surface area contributed by atoms with Crippen molar-refractivity contribution >= 4 is 29.2 Å². The van der Waals surface area contributed by atoms with Crippen LogP contribution < -0.4 is 20.9 Å². The summed E-state index contributed by atoms with van der Waals surface area (Å²) in [5.41, 5.74) is 2.38. The van der Waals surface area contributed by atoms with Crippen LogP contribution in [0.2, 0.25) is 0 Å². The second-order valence-electron chi connectivity index (χ2n) is 8.82. The molecule has 0 bridgehead atoms. The van der Waals surface area contributed by atoms with Crippen molar-refractivity contribution in [2.24, 2.45) is 0 Å². The lowest BCUT2D eigenvalue weighted by Crippen LogP contribution is -2.60. The fraction of sp³-hybridized carbons (Fsp3) is 0.231. The Balaban J connectivity index is 1.15. The van der Waals surface area contributed by atoms with Gasteiger partial charge in [0.25, 0.3) is 0 Å². The summed E-state index contributed by atoms with van der Waals surface area (Å²) in [6.07, 6.45) is 1.81. The fourth-order valence-corrected chi connectivity index (χ4v) is 4.45. The molecule has 2 saturated heterocycles. The maximum absolute atomic E-state index is 14.8. The van der Waals surface area contributed by atoms with E-state index in [4.69, 9.17) is 0 Å². The fourth-order valence-electron chi connectivity index (χ4n) is 4.45. The Kier molecular flexibility index (Phi) is 6.32. The van der Waals surface area contributed by atoms with E-state index in [1.54, 1.807) is 23.2 Å². The van der Waals surface area contributed by atoms with E-state index in [0.717, 1.165) is 11.3 Å². The molecule has 8 nitrogen and oxygen atoms in total. The number of urea groups is 1. The van der Waals surface area contributed by atoms with E-state index >= 15 is 0 Å². The molecular formula is C26H23F2N5O3. The number of carbonyl (C=O) groups excluding carboxylic acids is 3. The highest BCUT2D eigenvalue weighted by molar-refractivity contribution is 6.01. The first kappa shape index (κ1) is 23.4. The van der Waals surface area contributed by atoms with Crippen LogP contribution in [0.15, 0.2) is 60.8 Å². The molecule has 2 aromatic carbocycles. The Morgan fingerprint density at radius 2 is 1.75 bits per heavy atom. The van der Waals surface area contributed by atoms with Gasteiger partial charge in [0, 0.05) is 48.2 Å². The van der Waals surface area contributed by atoms with Crippen molar-refractivity contribution in [3.8, 4) is 11.3 Å². The topological polar surface area (TPSA) is 103 Å². The number of hydrogen-bond acceptors (Lipinski definition) is 5. The molecule has 4 amide bonds. The predicted molar refractivity (Wildman–Crippen MR) is 129 cm³/mol. The van der Waals surface area contributed by atoms with Gasteiger partial charge in [0.2, 0.25) is 11.8 Å². The van der Waals surface area contributed by atoms with Crippen molar-refractivity contribution in [2.45, 2.75) is 24.8 Å². The quantitative estimate of drug-likeness (QED) is 0.474. The van der Waals surface area contributed by atoms with E-state index < -0.39 is 29.4 Å².